The summed E-state index contributed by atoms with van der Waals surface area (Å²) in [6, 6.07) is 16.9. The first-order valence-electron chi connectivity index (χ1n) is 10.7. The second kappa shape index (κ2) is 10.0. The fourth-order valence-corrected chi connectivity index (χ4v) is 3.81. The first kappa shape index (κ1) is 22.1. The lowest BCUT2D eigenvalue weighted by Crippen LogP contribution is -2.45. The number of benzene rings is 2. The van der Waals surface area contributed by atoms with Crippen molar-refractivity contribution in [1.82, 2.24) is 5.32 Å². The van der Waals surface area contributed by atoms with Gasteiger partial charge in [0.25, 0.3) is 5.91 Å². The molecule has 33 heavy (non-hydrogen) atoms. The predicted molar refractivity (Wildman–Crippen MR) is 123 cm³/mol. The van der Waals surface area contributed by atoms with Crippen molar-refractivity contribution in [3.8, 4) is 5.75 Å². The van der Waals surface area contributed by atoms with Gasteiger partial charge in [0.05, 0.1) is 19.1 Å². The normalized spacial score (nSPS) is 14.1. The van der Waals surface area contributed by atoms with Crippen molar-refractivity contribution in [3.63, 3.8) is 0 Å². The number of rotatable bonds is 8. The molecule has 1 aliphatic rings. The van der Waals surface area contributed by atoms with Crippen LogP contribution in [0.1, 0.15) is 29.0 Å². The largest absolute Gasteiger partial charge is 0.494 e. The van der Waals surface area contributed by atoms with Crippen LogP contribution in [-0.4, -0.2) is 37.4 Å². The quantitative estimate of drug-likeness (QED) is 0.551. The molecule has 4 rings (SSSR count). The molecule has 3 aromatic rings. The van der Waals surface area contributed by atoms with Crippen molar-refractivity contribution in [2.75, 3.05) is 23.9 Å². The van der Waals surface area contributed by atoms with Crippen molar-refractivity contribution in [2.45, 2.75) is 25.3 Å². The summed E-state index contributed by atoms with van der Waals surface area (Å²) in [6.45, 7) is 0.638. The number of hydrogen-bond acceptors (Lipinski definition) is 5. The Hall–Kier alpha value is -4.07. The number of nitrogens with zero attached hydrogens (tertiary/aromatic N) is 1. The molecule has 0 bridgehead atoms. The van der Waals surface area contributed by atoms with Crippen molar-refractivity contribution >= 4 is 29.1 Å². The molecule has 0 spiro atoms. The van der Waals surface area contributed by atoms with E-state index in [0.29, 0.717) is 36.5 Å². The van der Waals surface area contributed by atoms with E-state index >= 15 is 0 Å². The Morgan fingerprint density at radius 1 is 1.12 bits per heavy atom. The van der Waals surface area contributed by atoms with Crippen LogP contribution in [-0.2, 0) is 16.0 Å². The molecule has 1 atom stereocenters. The topological polar surface area (TPSA) is 101 Å². The third-order valence-electron chi connectivity index (χ3n) is 5.46. The Morgan fingerprint density at radius 3 is 2.61 bits per heavy atom. The second-order valence-corrected chi connectivity index (χ2v) is 7.72. The van der Waals surface area contributed by atoms with Crippen LogP contribution in [0.4, 0.5) is 11.4 Å². The van der Waals surface area contributed by atoms with Crippen LogP contribution in [0, 0.1) is 0 Å². The van der Waals surface area contributed by atoms with Crippen molar-refractivity contribution in [3.05, 3.63) is 78.3 Å². The number of furan rings is 1. The van der Waals surface area contributed by atoms with E-state index in [4.69, 9.17) is 9.15 Å². The third kappa shape index (κ3) is 5.23. The van der Waals surface area contributed by atoms with Gasteiger partial charge in [0.2, 0.25) is 11.8 Å². The molecule has 1 saturated heterocycles. The summed E-state index contributed by atoms with van der Waals surface area (Å²) in [6.07, 6.45) is 3.02. The lowest BCUT2D eigenvalue weighted by atomic mass is 10.0. The van der Waals surface area contributed by atoms with Crippen LogP contribution in [0.5, 0.6) is 5.75 Å². The van der Waals surface area contributed by atoms with E-state index in [1.165, 1.54) is 19.4 Å². The first-order chi connectivity index (χ1) is 16.0. The molecular weight excluding hydrogens is 422 g/mol. The lowest BCUT2D eigenvalue weighted by Gasteiger charge is -2.21. The van der Waals surface area contributed by atoms with Crippen LogP contribution in [0.15, 0.2) is 71.3 Å². The second-order valence-electron chi connectivity index (χ2n) is 7.72. The highest BCUT2D eigenvalue weighted by Crippen LogP contribution is 2.33. The number of anilines is 2. The van der Waals surface area contributed by atoms with Crippen molar-refractivity contribution in [1.29, 1.82) is 0 Å². The average molecular weight is 447 g/mol. The van der Waals surface area contributed by atoms with E-state index < -0.39 is 11.9 Å². The molecule has 1 aliphatic heterocycles. The Bertz CT molecular complexity index is 1130. The summed E-state index contributed by atoms with van der Waals surface area (Å²) < 4.78 is 10.6. The Labute approximate surface area is 191 Å². The molecule has 2 N–H and O–H groups in total. The maximum absolute atomic E-state index is 13.2. The molecule has 170 valence electrons. The zero-order valence-corrected chi connectivity index (χ0v) is 18.2. The zero-order valence-electron chi connectivity index (χ0n) is 18.2. The number of nitrogens with one attached hydrogen (secondary N) is 2. The van der Waals surface area contributed by atoms with Crippen molar-refractivity contribution in [2.24, 2.45) is 0 Å². The molecule has 0 radical (unpaired) electrons. The van der Waals surface area contributed by atoms with Gasteiger partial charge in [-0.2, -0.15) is 0 Å². The number of carbonyl (C=O) groups excluding carboxylic acids is 3. The minimum atomic E-state index is -0.837. The predicted octanol–water partition coefficient (Wildman–Crippen LogP) is 3.39. The van der Waals surface area contributed by atoms with E-state index in [2.05, 4.69) is 10.6 Å². The van der Waals surface area contributed by atoms with Gasteiger partial charge in [0.15, 0.2) is 5.76 Å². The van der Waals surface area contributed by atoms with Crippen LogP contribution in [0.2, 0.25) is 0 Å². The Kier molecular flexibility index (Phi) is 6.73. The van der Waals surface area contributed by atoms with Gasteiger partial charge in [0.1, 0.15) is 11.8 Å². The molecule has 0 unspecified atom stereocenters. The molecule has 8 nitrogen and oxygen atoms in total. The first-order valence-corrected chi connectivity index (χ1v) is 10.7. The summed E-state index contributed by atoms with van der Waals surface area (Å²) in [4.78, 5) is 39.5. The number of methoxy groups -OCH3 is 1. The third-order valence-corrected chi connectivity index (χ3v) is 5.46. The smallest absolute Gasteiger partial charge is 0.287 e. The van der Waals surface area contributed by atoms with Crippen LogP contribution < -0.4 is 20.3 Å². The zero-order chi connectivity index (χ0) is 23.2. The molecule has 2 aromatic carbocycles. The van der Waals surface area contributed by atoms with Gasteiger partial charge in [0, 0.05) is 31.1 Å². The fourth-order valence-electron chi connectivity index (χ4n) is 3.81. The summed E-state index contributed by atoms with van der Waals surface area (Å²) in [7, 11) is 1.52. The molecule has 1 aromatic heterocycles. The Morgan fingerprint density at radius 2 is 1.94 bits per heavy atom. The molecule has 0 saturated carbocycles. The highest BCUT2D eigenvalue weighted by molar-refractivity contribution is 6.01. The fraction of sp³-hybridized carbons (Fsp3) is 0.240. The minimum absolute atomic E-state index is 0.0497. The molecule has 0 aliphatic carbocycles. The standard InChI is InChI=1S/C25H25N3O5/c1-32-22-16-18(11-12-20(22)28-13-5-10-23(28)29)26-24(30)19(15-17-7-3-2-4-8-17)27-25(31)21-9-6-14-33-21/h2-4,6-9,11-12,14,16,19H,5,10,13,15H2,1H3,(H,26,30)(H,27,31)/t19-/m1/s1. The van der Waals surface area contributed by atoms with Crippen LogP contribution in [0.3, 0.4) is 0 Å². The maximum atomic E-state index is 13.2. The highest BCUT2D eigenvalue weighted by atomic mass is 16.5. The summed E-state index contributed by atoms with van der Waals surface area (Å²) in [5.74, 6) is -0.194. The molecule has 8 heteroatoms. The van der Waals surface area contributed by atoms with Gasteiger partial charge in [-0.15, -0.1) is 0 Å². The number of amides is 3. The maximum Gasteiger partial charge on any atom is 0.287 e. The SMILES string of the molecule is COc1cc(NC(=O)[C@@H](Cc2ccccc2)NC(=O)c2ccco2)ccc1N1CCCC1=O. The van der Waals surface area contributed by atoms with Gasteiger partial charge < -0.3 is 24.7 Å². The molecule has 3 amide bonds. The molecular formula is C25H25N3O5. The lowest BCUT2D eigenvalue weighted by molar-refractivity contribution is -0.118. The summed E-state index contributed by atoms with van der Waals surface area (Å²) in [5, 5.41) is 5.60. The van der Waals surface area contributed by atoms with E-state index in [9.17, 15) is 14.4 Å². The van der Waals surface area contributed by atoms with E-state index in [0.717, 1.165) is 12.0 Å². The highest BCUT2D eigenvalue weighted by Gasteiger charge is 2.26. The van der Waals surface area contributed by atoms with E-state index in [1.54, 1.807) is 29.2 Å². The van der Waals surface area contributed by atoms with Gasteiger partial charge in [-0.3, -0.25) is 14.4 Å². The molecule has 2 heterocycles. The molecule has 1 fully saturated rings. The summed E-state index contributed by atoms with van der Waals surface area (Å²) >= 11 is 0. The van der Waals surface area contributed by atoms with E-state index in [1.807, 2.05) is 30.3 Å². The number of ether oxygens (including phenoxy) is 1. The average Bonchev–Trinajstić information content (AvgIpc) is 3.51. The van der Waals surface area contributed by atoms with Gasteiger partial charge >= 0.3 is 0 Å². The number of carbonyl (C=O) groups is 3. The minimum Gasteiger partial charge on any atom is -0.494 e. The van der Waals surface area contributed by atoms with Gasteiger partial charge in [-0.05, 0) is 36.2 Å². The van der Waals surface area contributed by atoms with Crippen LogP contribution in [0.25, 0.3) is 0 Å². The van der Waals surface area contributed by atoms with Crippen LogP contribution >= 0.6 is 0 Å². The van der Waals surface area contributed by atoms with Gasteiger partial charge in [-0.1, -0.05) is 30.3 Å². The Balaban J connectivity index is 1.53. The monoisotopic (exact) mass is 447 g/mol. The summed E-state index contributed by atoms with van der Waals surface area (Å²) in [5.41, 5.74) is 2.07. The number of hydrogen-bond donors (Lipinski definition) is 2. The van der Waals surface area contributed by atoms with E-state index in [-0.39, 0.29) is 17.6 Å². The van der Waals surface area contributed by atoms with Crippen molar-refractivity contribution < 1.29 is 23.5 Å². The van der Waals surface area contributed by atoms with Gasteiger partial charge in [-0.25, -0.2) is 0 Å².